The van der Waals surface area contributed by atoms with Crippen LogP contribution in [0.4, 0.5) is 4.39 Å². The molecule has 0 heterocycles. The van der Waals surface area contributed by atoms with Crippen LogP contribution in [0.2, 0.25) is 0 Å². The molecule has 0 aliphatic rings. The standard InChI is InChI=1S/C14H19FO3/c1-4-12(10-6-8-11(15)9-7-10)14(3,17)13(16)18-5-2/h6-9,12,17H,4-5H2,1-3H3. The minimum Gasteiger partial charge on any atom is -0.464 e. The average Bonchev–Trinajstić information content (AvgIpc) is 2.32. The molecule has 0 amide bonds. The van der Waals surface area contributed by atoms with Crippen molar-refractivity contribution >= 4 is 5.97 Å². The molecule has 3 nitrogen and oxygen atoms in total. The fourth-order valence-corrected chi connectivity index (χ4v) is 2.07. The molecule has 0 saturated carbocycles. The number of esters is 1. The van der Waals surface area contributed by atoms with Gasteiger partial charge in [-0.15, -0.1) is 0 Å². The molecule has 2 unspecified atom stereocenters. The van der Waals surface area contributed by atoms with Crippen LogP contribution in [0.15, 0.2) is 24.3 Å². The van der Waals surface area contributed by atoms with Gasteiger partial charge in [0, 0.05) is 5.92 Å². The van der Waals surface area contributed by atoms with E-state index in [2.05, 4.69) is 0 Å². The first-order valence-corrected chi connectivity index (χ1v) is 6.08. The van der Waals surface area contributed by atoms with E-state index in [0.717, 1.165) is 5.56 Å². The van der Waals surface area contributed by atoms with Crippen LogP contribution >= 0.6 is 0 Å². The third-order valence-electron chi connectivity index (χ3n) is 3.05. The average molecular weight is 254 g/mol. The molecule has 2 atom stereocenters. The Morgan fingerprint density at radius 1 is 1.39 bits per heavy atom. The highest BCUT2D eigenvalue weighted by Crippen LogP contribution is 2.32. The molecule has 0 bridgehead atoms. The van der Waals surface area contributed by atoms with Crippen molar-refractivity contribution in [3.63, 3.8) is 0 Å². The molecule has 0 fully saturated rings. The van der Waals surface area contributed by atoms with Gasteiger partial charge < -0.3 is 9.84 Å². The first kappa shape index (κ1) is 14.6. The molecule has 18 heavy (non-hydrogen) atoms. The first-order valence-electron chi connectivity index (χ1n) is 6.08. The Morgan fingerprint density at radius 2 is 1.94 bits per heavy atom. The Balaban J connectivity index is 3.01. The van der Waals surface area contributed by atoms with Crippen molar-refractivity contribution in [3.05, 3.63) is 35.6 Å². The van der Waals surface area contributed by atoms with E-state index in [1.165, 1.54) is 19.1 Å². The molecule has 100 valence electrons. The summed E-state index contributed by atoms with van der Waals surface area (Å²) in [6.45, 7) is 5.20. The van der Waals surface area contributed by atoms with Crippen LogP contribution < -0.4 is 0 Å². The highest BCUT2D eigenvalue weighted by molar-refractivity contribution is 5.80. The van der Waals surface area contributed by atoms with E-state index in [1.807, 2.05) is 6.92 Å². The summed E-state index contributed by atoms with van der Waals surface area (Å²) in [7, 11) is 0. The van der Waals surface area contributed by atoms with Crippen molar-refractivity contribution < 1.29 is 19.0 Å². The van der Waals surface area contributed by atoms with Crippen LogP contribution in [0, 0.1) is 5.82 Å². The monoisotopic (exact) mass is 254 g/mol. The van der Waals surface area contributed by atoms with Crippen molar-refractivity contribution in [2.24, 2.45) is 0 Å². The van der Waals surface area contributed by atoms with Crippen molar-refractivity contribution in [1.82, 2.24) is 0 Å². The van der Waals surface area contributed by atoms with E-state index in [0.29, 0.717) is 6.42 Å². The maximum atomic E-state index is 12.9. The normalized spacial score (nSPS) is 15.8. The lowest BCUT2D eigenvalue weighted by Gasteiger charge is -2.30. The van der Waals surface area contributed by atoms with Gasteiger partial charge in [-0.25, -0.2) is 9.18 Å². The summed E-state index contributed by atoms with van der Waals surface area (Å²) >= 11 is 0. The van der Waals surface area contributed by atoms with E-state index in [9.17, 15) is 14.3 Å². The summed E-state index contributed by atoms with van der Waals surface area (Å²) in [6.07, 6.45) is 0.553. The van der Waals surface area contributed by atoms with Gasteiger partial charge in [0.2, 0.25) is 0 Å². The predicted molar refractivity (Wildman–Crippen MR) is 66.7 cm³/mol. The van der Waals surface area contributed by atoms with Gasteiger partial charge in [-0.1, -0.05) is 19.1 Å². The number of carbonyl (C=O) groups is 1. The van der Waals surface area contributed by atoms with Crippen LogP contribution in [-0.4, -0.2) is 23.3 Å². The maximum Gasteiger partial charge on any atom is 0.338 e. The molecular formula is C14H19FO3. The molecule has 1 N–H and O–H groups in total. The minimum atomic E-state index is -1.61. The van der Waals surface area contributed by atoms with Gasteiger partial charge in [0.1, 0.15) is 5.82 Å². The molecule has 0 aliphatic heterocycles. The number of hydrogen-bond acceptors (Lipinski definition) is 3. The molecule has 0 aliphatic carbocycles. The van der Waals surface area contributed by atoms with E-state index in [4.69, 9.17) is 4.74 Å². The van der Waals surface area contributed by atoms with Crippen molar-refractivity contribution in [1.29, 1.82) is 0 Å². The minimum absolute atomic E-state index is 0.217. The SMILES string of the molecule is CCOC(=O)C(C)(O)C(CC)c1ccc(F)cc1. The number of benzene rings is 1. The van der Waals surface area contributed by atoms with E-state index in [1.54, 1.807) is 19.1 Å². The van der Waals surface area contributed by atoms with Gasteiger partial charge in [0.25, 0.3) is 0 Å². The Hall–Kier alpha value is -1.42. The summed E-state index contributed by atoms with van der Waals surface area (Å²) in [5, 5.41) is 10.3. The molecule has 1 aromatic rings. The van der Waals surface area contributed by atoms with Crippen LogP contribution in [0.1, 0.15) is 38.7 Å². The van der Waals surface area contributed by atoms with E-state index < -0.39 is 17.5 Å². The summed E-state index contributed by atoms with van der Waals surface area (Å²) in [6, 6.07) is 5.80. The zero-order valence-electron chi connectivity index (χ0n) is 10.9. The molecule has 0 aromatic heterocycles. The summed E-state index contributed by atoms with van der Waals surface area (Å²) < 4.78 is 17.7. The smallest absolute Gasteiger partial charge is 0.338 e. The number of rotatable bonds is 5. The Labute approximate surface area is 107 Å². The quantitative estimate of drug-likeness (QED) is 0.822. The van der Waals surface area contributed by atoms with Gasteiger partial charge in [-0.05, 0) is 38.0 Å². The lowest BCUT2D eigenvalue weighted by molar-refractivity contribution is -0.165. The van der Waals surface area contributed by atoms with Gasteiger partial charge in [-0.3, -0.25) is 0 Å². The van der Waals surface area contributed by atoms with Crippen LogP contribution in [-0.2, 0) is 9.53 Å². The number of carbonyl (C=O) groups excluding carboxylic acids is 1. The van der Waals surface area contributed by atoms with Gasteiger partial charge in [0.05, 0.1) is 6.61 Å². The zero-order valence-corrected chi connectivity index (χ0v) is 10.9. The lowest BCUT2D eigenvalue weighted by atomic mass is 9.81. The second-order valence-corrected chi connectivity index (χ2v) is 4.38. The summed E-state index contributed by atoms with van der Waals surface area (Å²) in [5.41, 5.74) is -0.889. The summed E-state index contributed by atoms with van der Waals surface area (Å²) in [5.74, 6) is -1.41. The van der Waals surface area contributed by atoms with Crippen LogP contribution in [0.25, 0.3) is 0 Å². The van der Waals surface area contributed by atoms with Crippen LogP contribution in [0.5, 0.6) is 0 Å². The lowest BCUT2D eigenvalue weighted by Crippen LogP contribution is -2.42. The second kappa shape index (κ2) is 5.96. The van der Waals surface area contributed by atoms with Gasteiger partial charge in [-0.2, -0.15) is 0 Å². The number of aliphatic hydroxyl groups is 1. The number of halogens is 1. The predicted octanol–water partition coefficient (Wildman–Crippen LogP) is 2.63. The fraction of sp³-hybridized carbons (Fsp3) is 0.500. The molecular weight excluding hydrogens is 235 g/mol. The second-order valence-electron chi connectivity index (χ2n) is 4.38. The van der Waals surface area contributed by atoms with E-state index in [-0.39, 0.29) is 12.4 Å². The Kier molecular flexibility index (Phi) is 4.84. The van der Waals surface area contributed by atoms with E-state index >= 15 is 0 Å². The van der Waals surface area contributed by atoms with Crippen molar-refractivity contribution in [2.45, 2.75) is 38.7 Å². The third-order valence-corrected chi connectivity index (χ3v) is 3.05. The molecule has 0 saturated heterocycles. The van der Waals surface area contributed by atoms with Crippen molar-refractivity contribution in [3.8, 4) is 0 Å². The van der Waals surface area contributed by atoms with Crippen molar-refractivity contribution in [2.75, 3.05) is 6.61 Å². The van der Waals surface area contributed by atoms with Gasteiger partial charge >= 0.3 is 5.97 Å². The molecule has 1 rings (SSSR count). The molecule has 0 radical (unpaired) electrons. The molecule has 0 spiro atoms. The highest BCUT2D eigenvalue weighted by atomic mass is 19.1. The van der Waals surface area contributed by atoms with Gasteiger partial charge in [0.15, 0.2) is 5.60 Å². The highest BCUT2D eigenvalue weighted by Gasteiger charge is 2.40. The molecule has 1 aromatic carbocycles. The Bertz CT molecular complexity index is 398. The third kappa shape index (κ3) is 3.07. The number of hydrogen-bond donors (Lipinski definition) is 1. The maximum absolute atomic E-state index is 12.9. The summed E-state index contributed by atoms with van der Waals surface area (Å²) in [4.78, 5) is 11.8. The fourth-order valence-electron chi connectivity index (χ4n) is 2.07. The Morgan fingerprint density at radius 3 is 2.39 bits per heavy atom. The topological polar surface area (TPSA) is 46.5 Å². The largest absolute Gasteiger partial charge is 0.464 e. The number of ether oxygens (including phenoxy) is 1. The molecule has 4 heteroatoms. The van der Waals surface area contributed by atoms with Crippen LogP contribution in [0.3, 0.4) is 0 Å². The first-order chi connectivity index (χ1) is 8.43. The zero-order chi connectivity index (χ0) is 13.8.